The van der Waals surface area contributed by atoms with Crippen LogP contribution in [0.4, 0.5) is 5.69 Å². The lowest BCUT2D eigenvalue weighted by atomic mass is 10.1. The Morgan fingerprint density at radius 1 is 0.659 bits per heavy atom. The molecule has 2 aromatic heterocycles. The molecule has 2 N–H and O–H groups in total. The number of aromatic nitrogens is 2. The van der Waals surface area contributed by atoms with Gasteiger partial charge in [-0.25, -0.2) is 9.97 Å². The summed E-state index contributed by atoms with van der Waals surface area (Å²) in [5, 5.41) is 7.34. The number of ether oxygens (including phenoxy) is 2. The van der Waals surface area contributed by atoms with Crippen LogP contribution in [-0.4, -0.2) is 35.0 Å². The fourth-order valence-electron chi connectivity index (χ4n) is 4.71. The maximum Gasteiger partial charge on any atom is 0.274 e. The summed E-state index contributed by atoms with van der Waals surface area (Å²) in [5.74, 6) is 0.833. The minimum Gasteiger partial charge on any atom is -0.493 e. The van der Waals surface area contributed by atoms with Gasteiger partial charge in [-0.2, -0.15) is 0 Å². The van der Waals surface area contributed by atoms with Gasteiger partial charge in [-0.3, -0.25) is 9.59 Å². The number of rotatable bonds is 11. The second kappa shape index (κ2) is 13.5. The van der Waals surface area contributed by atoms with E-state index in [1.54, 1.807) is 12.1 Å². The Morgan fingerprint density at radius 2 is 1.14 bits per heavy atom. The molecule has 5 aromatic rings. The van der Waals surface area contributed by atoms with E-state index in [2.05, 4.69) is 38.3 Å². The molecule has 2 amide bonds. The molecule has 0 bridgehead atoms. The SMILES string of the molecule is CC(C)COc1cc(C(=O)Nc2ccccc2)nc2c1ccc1c(OCC(C)C)cc(C(=O)N[C@H](C)c3ccccc3)nc12. The van der Waals surface area contributed by atoms with Gasteiger partial charge in [-0.15, -0.1) is 0 Å². The highest BCUT2D eigenvalue weighted by atomic mass is 16.5. The Hall–Kier alpha value is -4.98. The van der Waals surface area contributed by atoms with E-state index in [4.69, 9.17) is 19.4 Å². The standard InChI is InChI=1S/C36H38N4O4/c1-22(2)20-43-31-18-29(35(41)37-24(5)25-12-8-6-9-13-25)39-33-27(31)16-17-28-32(44-21-23(3)4)19-30(40-34(28)33)36(42)38-26-14-10-7-11-15-26/h6-19,22-24H,20-21H2,1-5H3,(H,37,41)(H,38,42)/t24-/m1/s1. The van der Waals surface area contributed by atoms with Crippen LogP contribution in [0.2, 0.25) is 0 Å². The van der Waals surface area contributed by atoms with Crippen LogP contribution in [0.1, 0.15) is 67.2 Å². The Kier molecular flexibility index (Phi) is 9.38. The number of fused-ring (bicyclic) bond motifs is 3. The molecule has 2 heterocycles. The van der Waals surface area contributed by atoms with E-state index in [1.807, 2.05) is 79.7 Å². The fourth-order valence-corrected chi connectivity index (χ4v) is 4.71. The fraction of sp³-hybridized carbons (Fsp3) is 0.278. The van der Waals surface area contributed by atoms with E-state index in [9.17, 15) is 9.59 Å². The third kappa shape index (κ3) is 7.14. The summed E-state index contributed by atoms with van der Waals surface area (Å²) in [6.07, 6.45) is 0. The van der Waals surface area contributed by atoms with Crippen molar-refractivity contribution in [2.75, 3.05) is 18.5 Å². The monoisotopic (exact) mass is 590 g/mol. The number of hydrogen-bond donors (Lipinski definition) is 2. The van der Waals surface area contributed by atoms with Crippen LogP contribution < -0.4 is 20.1 Å². The summed E-state index contributed by atoms with van der Waals surface area (Å²) >= 11 is 0. The average molecular weight is 591 g/mol. The van der Waals surface area contributed by atoms with Crippen LogP contribution in [0.25, 0.3) is 21.8 Å². The summed E-state index contributed by atoms with van der Waals surface area (Å²) in [6, 6.07) is 25.8. The largest absolute Gasteiger partial charge is 0.493 e. The van der Waals surface area contributed by atoms with Gasteiger partial charge in [0.2, 0.25) is 0 Å². The highest BCUT2D eigenvalue weighted by Gasteiger charge is 2.21. The lowest BCUT2D eigenvalue weighted by molar-refractivity contribution is 0.0934. The topological polar surface area (TPSA) is 102 Å². The zero-order valence-electron chi connectivity index (χ0n) is 25.8. The number of nitrogens with zero attached hydrogens (tertiary/aromatic N) is 2. The lowest BCUT2D eigenvalue weighted by Gasteiger charge is -2.18. The van der Waals surface area contributed by atoms with Gasteiger partial charge in [-0.05, 0) is 48.6 Å². The van der Waals surface area contributed by atoms with E-state index in [1.165, 1.54) is 0 Å². The molecule has 0 spiro atoms. The number of para-hydroxylation sites is 1. The molecule has 0 saturated carbocycles. The van der Waals surface area contributed by atoms with E-state index in [0.29, 0.717) is 52.2 Å². The van der Waals surface area contributed by atoms with Crippen molar-refractivity contribution in [3.63, 3.8) is 0 Å². The van der Waals surface area contributed by atoms with Crippen molar-refractivity contribution < 1.29 is 19.1 Å². The van der Waals surface area contributed by atoms with Gasteiger partial charge in [0.1, 0.15) is 33.9 Å². The third-order valence-corrected chi connectivity index (χ3v) is 6.97. The third-order valence-electron chi connectivity index (χ3n) is 6.97. The van der Waals surface area contributed by atoms with E-state index < -0.39 is 0 Å². The summed E-state index contributed by atoms with van der Waals surface area (Å²) < 4.78 is 12.4. The molecule has 8 nitrogen and oxygen atoms in total. The molecule has 226 valence electrons. The molecule has 44 heavy (non-hydrogen) atoms. The number of pyridine rings is 2. The second-order valence-electron chi connectivity index (χ2n) is 11.7. The molecule has 8 heteroatoms. The lowest BCUT2D eigenvalue weighted by Crippen LogP contribution is -2.27. The Bertz CT molecular complexity index is 1770. The minimum absolute atomic E-state index is 0.173. The average Bonchev–Trinajstić information content (AvgIpc) is 3.02. The van der Waals surface area contributed by atoms with E-state index >= 15 is 0 Å². The molecule has 0 fully saturated rings. The maximum atomic E-state index is 13.6. The van der Waals surface area contributed by atoms with Gasteiger partial charge >= 0.3 is 0 Å². The molecular formula is C36H38N4O4. The van der Waals surface area contributed by atoms with Gasteiger partial charge < -0.3 is 20.1 Å². The van der Waals surface area contributed by atoms with Crippen LogP contribution in [0.3, 0.4) is 0 Å². The van der Waals surface area contributed by atoms with Crippen LogP contribution >= 0.6 is 0 Å². The van der Waals surface area contributed by atoms with Gasteiger partial charge in [0.25, 0.3) is 11.8 Å². The first-order valence-corrected chi connectivity index (χ1v) is 15.0. The smallest absolute Gasteiger partial charge is 0.274 e. The molecule has 1 atom stereocenters. The summed E-state index contributed by atoms with van der Waals surface area (Å²) in [6.45, 7) is 11.1. The van der Waals surface area contributed by atoms with Crippen molar-refractivity contribution in [3.8, 4) is 11.5 Å². The minimum atomic E-state index is -0.383. The van der Waals surface area contributed by atoms with Crippen molar-refractivity contribution in [2.45, 2.75) is 40.7 Å². The summed E-state index contributed by atoms with van der Waals surface area (Å²) in [5.41, 5.74) is 2.89. The molecule has 0 saturated heterocycles. The molecule has 0 aliphatic carbocycles. The summed E-state index contributed by atoms with van der Waals surface area (Å²) in [4.78, 5) is 36.6. The van der Waals surface area contributed by atoms with Crippen LogP contribution in [0.15, 0.2) is 84.9 Å². The quantitative estimate of drug-likeness (QED) is 0.154. The molecule has 3 aromatic carbocycles. The zero-order chi connectivity index (χ0) is 31.2. The maximum absolute atomic E-state index is 13.6. The Labute approximate surface area is 257 Å². The number of carbonyl (C=O) groups excluding carboxylic acids is 2. The molecule has 0 aliphatic heterocycles. The van der Waals surface area contributed by atoms with Gasteiger partial charge in [0, 0.05) is 28.6 Å². The molecule has 5 rings (SSSR count). The highest BCUT2D eigenvalue weighted by Crippen LogP contribution is 2.35. The predicted octanol–water partition coefficient (Wildman–Crippen LogP) is 7.60. The van der Waals surface area contributed by atoms with Crippen LogP contribution in [-0.2, 0) is 0 Å². The van der Waals surface area contributed by atoms with Crippen molar-refractivity contribution in [2.24, 2.45) is 11.8 Å². The first-order chi connectivity index (χ1) is 21.2. The summed E-state index contributed by atoms with van der Waals surface area (Å²) in [7, 11) is 0. The van der Waals surface area contributed by atoms with E-state index in [-0.39, 0.29) is 41.1 Å². The molecule has 0 radical (unpaired) electrons. The number of hydrogen-bond acceptors (Lipinski definition) is 6. The number of carbonyl (C=O) groups is 2. The highest BCUT2D eigenvalue weighted by molar-refractivity contribution is 6.11. The molecular weight excluding hydrogens is 552 g/mol. The van der Waals surface area contributed by atoms with Gasteiger partial charge in [0.15, 0.2) is 0 Å². The van der Waals surface area contributed by atoms with E-state index in [0.717, 1.165) is 5.56 Å². The van der Waals surface area contributed by atoms with Crippen molar-refractivity contribution in [1.82, 2.24) is 15.3 Å². The Balaban J connectivity index is 1.65. The van der Waals surface area contributed by atoms with Crippen molar-refractivity contribution >= 4 is 39.3 Å². The molecule has 0 aliphatic rings. The number of amides is 2. The molecule has 0 unspecified atom stereocenters. The van der Waals surface area contributed by atoms with Crippen molar-refractivity contribution in [3.05, 3.63) is 102 Å². The normalized spacial score (nSPS) is 12.0. The van der Waals surface area contributed by atoms with Crippen molar-refractivity contribution in [1.29, 1.82) is 0 Å². The van der Waals surface area contributed by atoms with Crippen LogP contribution in [0.5, 0.6) is 11.5 Å². The van der Waals surface area contributed by atoms with Gasteiger partial charge in [-0.1, -0.05) is 76.2 Å². The zero-order valence-corrected chi connectivity index (χ0v) is 25.8. The Morgan fingerprint density at radius 3 is 1.64 bits per heavy atom. The first-order valence-electron chi connectivity index (χ1n) is 15.0. The number of nitrogens with one attached hydrogen (secondary N) is 2. The number of anilines is 1. The van der Waals surface area contributed by atoms with Crippen LogP contribution in [0, 0.1) is 11.8 Å². The first kappa shape index (κ1) is 30.5. The van der Waals surface area contributed by atoms with Gasteiger partial charge in [0.05, 0.1) is 19.3 Å². The predicted molar refractivity (Wildman–Crippen MR) is 174 cm³/mol. The second-order valence-corrected chi connectivity index (χ2v) is 11.7. The number of benzene rings is 3.